The molecule has 1 saturated heterocycles. The quantitative estimate of drug-likeness (QED) is 0.427. The zero-order valence-electron chi connectivity index (χ0n) is 18.6. The Bertz CT molecular complexity index is 1190. The second-order valence-electron chi connectivity index (χ2n) is 8.18. The van der Waals surface area contributed by atoms with Gasteiger partial charge in [-0.3, -0.25) is 14.3 Å². The van der Waals surface area contributed by atoms with Crippen LogP contribution in [0.4, 0.5) is 19.3 Å². The van der Waals surface area contributed by atoms with Crippen molar-refractivity contribution in [1.29, 1.82) is 0 Å². The summed E-state index contributed by atoms with van der Waals surface area (Å²) in [5, 5.41) is 13.3. The molecule has 0 aliphatic carbocycles. The van der Waals surface area contributed by atoms with Crippen LogP contribution in [0.3, 0.4) is 0 Å². The van der Waals surface area contributed by atoms with Crippen molar-refractivity contribution in [3.05, 3.63) is 47.7 Å². The normalized spacial score (nSPS) is 19.2. The molecule has 2 amide bonds. The molecule has 2 aliphatic rings. The van der Waals surface area contributed by atoms with Crippen LogP contribution < -0.4 is 9.64 Å². The number of benzene rings is 1. The van der Waals surface area contributed by atoms with Gasteiger partial charge in [-0.25, -0.2) is 13.6 Å². The zero-order valence-corrected chi connectivity index (χ0v) is 19.5. The average molecular weight is 529 g/mol. The molecule has 0 bridgehead atoms. The number of aliphatic hydroxyl groups is 1. The highest BCUT2D eigenvalue weighted by Gasteiger charge is 2.35. The molecule has 0 unspecified atom stereocenters. The molecule has 0 spiro atoms. The third-order valence-electron chi connectivity index (χ3n) is 5.58. The molecule has 2 aromatic rings. The molecule has 2 aliphatic heterocycles. The number of ether oxygens (including phenoxy) is 2. The standard InChI is InChI=1S/C21H22F2N3O9P/c22-15-7-13(26-9-14(35-21(26)29)10-33-18-3-6-34-24-18)8-16(23)19(15)12-1-4-25(5-2-12)20(28)17(27)11-36(30,31)32/h1,3,6-8,14,17,27H,2,4-5,9-11H2,(H2,30,31,32)/t14-,17-/m1/s1. The third kappa shape index (κ3) is 5.90. The lowest BCUT2D eigenvalue weighted by atomic mass is 9.97. The van der Waals surface area contributed by atoms with Gasteiger partial charge in [0.25, 0.3) is 11.8 Å². The Morgan fingerprint density at radius 1 is 1.31 bits per heavy atom. The highest BCUT2D eigenvalue weighted by atomic mass is 31.2. The van der Waals surface area contributed by atoms with Crippen LogP contribution >= 0.6 is 7.60 Å². The minimum Gasteiger partial charge on any atom is -0.471 e. The number of carbonyl (C=O) groups is 2. The maximum Gasteiger partial charge on any atom is 0.414 e. The Hall–Kier alpha value is -3.32. The number of rotatable bonds is 8. The zero-order chi connectivity index (χ0) is 26.0. The summed E-state index contributed by atoms with van der Waals surface area (Å²) in [6.07, 6.45) is -1.67. The van der Waals surface area contributed by atoms with Crippen molar-refractivity contribution in [3.8, 4) is 5.88 Å². The summed E-state index contributed by atoms with van der Waals surface area (Å²) in [6.45, 7) is -0.178. The van der Waals surface area contributed by atoms with E-state index in [2.05, 4.69) is 9.68 Å². The number of aromatic nitrogens is 1. The molecule has 2 atom stereocenters. The Labute approximate surface area is 202 Å². The van der Waals surface area contributed by atoms with Crippen molar-refractivity contribution in [3.63, 3.8) is 0 Å². The van der Waals surface area contributed by atoms with Gasteiger partial charge in [-0.2, -0.15) is 0 Å². The second-order valence-corrected chi connectivity index (χ2v) is 9.87. The van der Waals surface area contributed by atoms with Crippen LogP contribution in [0.5, 0.6) is 5.88 Å². The predicted octanol–water partition coefficient (Wildman–Crippen LogP) is 1.51. The monoisotopic (exact) mass is 529 g/mol. The van der Waals surface area contributed by atoms with Crippen LogP contribution in [0.1, 0.15) is 12.0 Å². The first-order chi connectivity index (χ1) is 17.0. The van der Waals surface area contributed by atoms with Crippen LogP contribution in [-0.4, -0.2) is 81.6 Å². The second kappa shape index (κ2) is 10.3. The van der Waals surface area contributed by atoms with Gasteiger partial charge in [0, 0.05) is 24.7 Å². The van der Waals surface area contributed by atoms with Crippen molar-refractivity contribution < 1.29 is 51.8 Å². The van der Waals surface area contributed by atoms with Gasteiger partial charge >= 0.3 is 13.7 Å². The van der Waals surface area contributed by atoms with E-state index >= 15 is 0 Å². The van der Waals surface area contributed by atoms with E-state index in [1.54, 1.807) is 0 Å². The molecule has 0 saturated carbocycles. The minimum atomic E-state index is -4.60. The Kier molecular flexibility index (Phi) is 7.41. The van der Waals surface area contributed by atoms with Crippen LogP contribution in [0.15, 0.2) is 35.1 Å². The largest absolute Gasteiger partial charge is 0.471 e. The first-order valence-electron chi connectivity index (χ1n) is 10.7. The SMILES string of the molecule is O=C([C@H](O)CP(=O)(O)O)N1CC=C(c2c(F)cc(N3C[C@H](COc4ccon4)OC3=O)cc2F)CC1. The van der Waals surface area contributed by atoms with E-state index in [0.717, 1.165) is 21.9 Å². The van der Waals surface area contributed by atoms with Crippen LogP contribution in [-0.2, 0) is 14.1 Å². The van der Waals surface area contributed by atoms with Gasteiger partial charge in [0.2, 0.25) is 0 Å². The predicted molar refractivity (Wildman–Crippen MR) is 118 cm³/mol. The number of carbonyl (C=O) groups excluding carboxylic acids is 2. The number of anilines is 1. The van der Waals surface area contributed by atoms with Crippen molar-refractivity contribution >= 4 is 30.9 Å². The minimum absolute atomic E-state index is 0.00832. The number of halogens is 2. The summed E-state index contributed by atoms with van der Waals surface area (Å²) in [6, 6.07) is 3.48. The lowest BCUT2D eigenvalue weighted by molar-refractivity contribution is -0.138. The highest BCUT2D eigenvalue weighted by Crippen LogP contribution is 2.36. The maximum atomic E-state index is 15.0. The summed E-state index contributed by atoms with van der Waals surface area (Å²) in [5.41, 5.74) is -0.0930. The average Bonchev–Trinajstić information content (AvgIpc) is 3.45. The van der Waals surface area contributed by atoms with Crippen LogP contribution in [0.2, 0.25) is 0 Å². The molecule has 4 rings (SSSR count). The summed E-state index contributed by atoms with van der Waals surface area (Å²) in [7, 11) is -4.60. The van der Waals surface area contributed by atoms with Crippen LogP contribution in [0.25, 0.3) is 5.57 Å². The Morgan fingerprint density at radius 3 is 2.61 bits per heavy atom. The number of nitrogens with zero attached hydrogens (tertiary/aromatic N) is 3. The molecule has 1 aromatic carbocycles. The molecule has 1 fully saturated rings. The van der Waals surface area contributed by atoms with Gasteiger partial charge < -0.3 is 33.8 Å². The van der Waals surface area contributed by atoms with Crippen molar-refractivity contribution in [2.45, 2.75) is 18.6 Å². The van der Waals surface area contributed by atoms with E-state index in [1.165, 1.54) is 18.4 Å². The number of cyclic esters (lactones) is 1. The summed E-state index contributed by atoms with van der Waals surface area (Å²) in [5.74, 6) is -2.54. The molecule has 15 heteroatoms. The molecule has 36 heavy (non-hydrogen) atoms. The molecule has 3 N–H and O–H groups in total. The molecular weight excluding hydrogens is 507 g/mol. The maximum absolute atomic E-state index is 15.0. The fourth-order valence-corrected chi connectivity index (χ4v) is 4.51. The molecule has 0 radical (unpaired) electrons. The fraction of sp³-hybridized carbons (Fsp3) is 0.381. The van der Waals surface area contributed by atoms with Crippen molar-refractivity contribution in [1.82, 2.24) is 10.1 Å². The van der Waals surface area contributed by atoms with Gasteiger partial charge in [-0.15, -0.1) is 0 Å². The summed E-state index contributed by atoms with van der Waals surface area (Å²) < 4.78 is 56.1. The molecule has 1 aromatic heterocycles. The molecule has 194 valence electrons. The van der Waals surface area contributed by atoms with Gasteiger partial charge in [0.05, 0.1) is 18.4 Å². The Morgan fingerprint density at radius 2 is 2.03 bits per heavy atom. The van der Waals surface area contributed by atoms with E-state index in [4.69, 9.17) is 19.3 Å². The van der Waals surface area contributed by atoms with E-state index in [0.29, 0.717) is 0 Å². The third-order valence-corrected chi connectivity index (χ3v) is 6.40. The lowest BCUT2D eigenvalue weighted by Crippen LogP contribution is -2.42. The smallest absolute Gasteiger partial charge is 0.414 e. The van der Waals surface area contributed by atoms with Gasteiger partial charge in [0.15, 0.2) is 6.10 Å². The molecule has 12 nitrogen and oxygen atoms in total. The highest BCUT2D eigenvalue weighted by molar-refractivity contribution is 7.51. The number of aliphatic hydroxyl groups excluding tert-OH is 1. The van der Waals surface area contributed by atoms with E-state index in [1.807, 2.05) is 0 Å². The summed E-state index contributed by atoms with van der Waals surface area (Å²) in [4.78, 5) is 44.5. The van der Waals surface area contributed by atoms with Crippen molar-refractivity contribution in [2.75, 3.05) is 37.3 Å². The van der Waals surface area contributed by atoms with E-state index in [9.17, 15) is 28.0 Å². The number of hydrogen-bond donors (Lipinski definition) is 3. The number of hydrogen-bond acceptors (Lipinski definition) is 8. The van der Waals surface area contributed by atoms with Gasteiger partial charge in [-0.1, -0.05) is 6.08 Å². The topological polar surface area (TPSA) is 163 Å². The van der Waals surface area contributed by atoms with E-state index < -0.39 is 49.6 Å². The lowest BCUT2D eigenvalue weighted by Gasteiger charge is -2.29. The van der Waals surface area contributed by atoms with Gasteiger partial charge in [0.1, 0.15) is 30.6 Å². The van der Waals surface area contributed by atoms with Crippen molar-refractivity contribution in [2.24, 2.45) is 0 Å². The first kappa shape index (κ1) is 25.8. The summed E-state index contributed by atoms with van der Waals surface area (Å²) >= 11 is 0. The first-order valence-corrected chi connectivity index (χ1v) is 12.5. The fourth-order valence-electron chi connectivity index (χ4n) is 3.91. The van der Waals surface area contributed by atoms with Crippen LogP contribution in [0, 0.1) is 11.6 Å². The Balaban J connectivity index is 1.42. The number of amides is 2. The molecule has 3 heterocycles. The van der Waals surface area contributed by atoms with Gasteiger partial charge in [-0.05, 0) is 29.3 Å². The van der Waals surface area contributed by atoms with E-state index in [-0.39, 0.29) is 55.4 Å². The molecular formula is C21H22F2N3O9P.